The van der Waals surface area contributed by atoms with Gasteiger partial charge in [-0.1, -0.05) is 0 Å². The topological polar surface area (TPSA) is 38.8 Å². The minimum atomic E-state index is -0.235. The van der Waals surface area contributed by atoms with E-state index < -0.39 is 0 Å². The third-order valence-electron chi connectivity index (χ3n) is 4.24. The number of carbonyl (C=O) groups is 1. The summed E-state index contributed by atoms with van der Waals surface area (Å²) in [5, 5.41) is 0. The van der Waals surface area contributed by atoms with E-state index in [0.29, 0.717) is 31.3 Å². The Morgan fingerprint density at radius 3 is 2.74 bits per heavy atom. The molecule has 4 nitrogen and oxygen atoms in total. The lowest BCUT2D eigenvalue weighted by molar-refractivity contribution is -0.138. The first-order chi connectivity index (χ1) is 11.2. The number of ether oxygens (including phenoxy) is 2. The van der Waals surface area contributed by atoms with E-state index in [1.54, 1.807) is 23.9 Å². The van der Waals surface area contributed by atoms with Crippen LogP contribution in [-0.4, -0.2) is 49.2 Å². The van der Waals surface area contributed by atoms with E-state index in [1.807, 2.05) is 4.90 Å². The number of hydrogen-bond acceptors (Lipinski definition) is 4. The zero-order valence-electron chi connectivity index (χ0n) is 13.1. The van der Waals surface area contributed by atoms with Crippen LogP contribution in [0.15, 0.2) is 29.2 Å². The van der Waals surface area contributed by atoms with E-state index in [-0.39, 0.29) is 18.0 Å². The van der Waals surface area contributed by atoms with Gasteiger partial charge >= 0.3 is 0 Å². The minimum Gasteiger partial charge on any atom is -0.350 e. The number of hydrogen-bond donors (Lipinski definition) is 0. The SMILES string of the molecule is O=C(CCSc1ccc(F)cc1)N1CCCC(C2OCCO2)C1. The molecular weight excluding hydrogens is 317 g/mol. The van der Waals surface area contributed by atoms with Gasteiger partial charge in [0.2, 0.25) is 5.91 Å². The Hall–Kier alpha value is -1.11. The van der Waals surface area contributed by atoms with E-state index in [4.69, 9.17) is 9.47 Å². The van der Waals surface area contributed by atoms with Crippen molar-refractivity contribution >= 4 is 17.7 Å². The highest BCUT2D eigenvalue weighted by molar-refractivity contribution is 7.99. The Morgan fingerprint density at radius 2 is 2.00 bits per heavy atom. The second-order valence-corrected chi connectivity index (χ2v) is 7.07. The second-order valence-electron chi connectivity index (χ2n) is 5.90. The van der Waals surface area contributed by atoms with Crippen molar-refractivity contribution in [2.75, 3.05) is 32.1 Å². The van der Waals surface area contributed by atoms with Gasteiger partial charge in [-0.15, -0.1) is 11.8 Å². The summed E-state index contributed by atoms with van der Waals surface area (Å²) in [4.78, 5) is 15.3. The van der Waals surface area contributed by atoms with Crippen LogP contribution in [0.25, 0.3) is 0 Å². The quantitative estimate of drug-likeness (QED) is 0.773. The monoisotopic (exact) mass is 339 g/mol. The minimum absolute atomic E-state index is 0.140. The molecule has 0 aromatic heterocycles. The molecule has 1 aromatic rings. The van der Waals surface area contributed by atoms with E-state index >= 15 is 0 Å². The summed E-state index contributed by atoms with van der Waals surface area (Å²) in [6.45, 7) is 2.86. The summed E-state index contributed by atoms with van der Waals surface area (Å²) in [6, 6.07) is 6.38. The molecule has 126 valence electrons. The molecule has 1 amide bonds. The molecule has 3 rings (SSSR count). The first-order valence-corrected chi connectivity index (χ1v) is 9.10. The third-order valence-corrected chi connectivity index (χ3v) is 5.26. The number of amides is 1. The fourth-order valence-electron chi connectivity index (χ4n) is 3.05. The van der Waals surface area contributed by atoms with Crippen molar-refractivity contribution in [2.45, 2.75) is 30.4 Å². The Bertz CT molecular complexity index is 519. The highest BCUT2D eigenvalue weighted by atomic mass is 32.2. The predicted octanol–water partition coefficient (Wildman–Crippen LogP) is 2.92. The van der Waals surface area contributed by atoms with Crippen molar-refractivity contribution in [2.24, 2.45) is 5.92 Å². The number of benzene rings is 1. The van der Waals surface area contributed by atoms with E-state index in [1.165, 1.54) is 12.1 Å². The summed E-state index contributed by atoms with van der Waals surface area (Å²) >= 11 is 1.58. The highest BCUT2D eigenvalue weighted by Crippen LogP contribution is 2.26. The van der Waals surface area contributed by atoms with Crippen LogP contribution in [0, 0.1) is 11.7 Å². The molecular formula is C17H22FNO3S. The van der Waals surface area contributed by atoms with Gasteiger partial charge < -0.3 is 14.4 Å². The molecule has 2 heterocycles. The van der Waals surface area contributed by atoms with E-state index in [0.717, 1.165) is 30.8 Å². The Kier molecular flexibility index (Phi) is 5.91. The zero-order valence-corrected chi connectivity index (χ0v) is 13.9. The van der Waals surface area contributed by atoms with Gasteiger partial charge in [0.15, 0.2) is 6.29 Å². The zero-order chi connectivity index (χ0) is 16.1. The van der Waals surface area contributed by atoms with Crippen molar-refractivity contribution in [3.8, 4) is 0 Å². The van der Waals surface area contributed by atoms with Crippen LogP contribution < -0.4 is 0 Å². The molecule has 1 atom stereocenters. The van der Waals surface area contributed by atoms with Crippen LogP contribution in [0.5, 0.6) is 0 Å². The van der Waals surface area contributed by atoms with Gasteiger partial charge in [-0.05, 0) is 37.1 Å². The average Bonchev–Trinajstić information content (AvgIpc) is 3.11. The van der Waals surface area contributed by atoms with Crippen molar-refractivity contribution in [1.82, 2.24) is 4.90 Å². The van der Waals surface area contributed by atoms with Crippen molar-refractivity contribution in [1.29, 1.82) is 0 Å². The fourth-order valence-corrected chi connectivity index (χ4v) is 3.89. The molecule has 0 radical (unpaired) electrons. The van der Waals surface area contributed by atoms with Crippen LogP contribution in [0.4, 0.5) is 4.39 Å². The Morgan fingerprint density at radius 1 is 1.26 bits per heavy atom. The van der Waals surface area contributed by atoms with Gasteiger partial charge in [0.1, 0.15) is 5.82 Å². The van der Waals surface area contributed by atoms with Crippen LogP contribution in [0.2, 0.25) is 0 Å². The largest absolute Gasteiger partial charge is 0.350 e. The maximum Gasteiger partial charge on any atom is 0.223 e. The number of nitrogens with zero attached hydrogens (tertiary/aromatic N) is 1. The average molecular weight is 339 g/mol. The van der Waals surface area contributed by atoms with Crippen LogP contribution in [0.3, 0.4) is 0 Å². The van der Waals surface area contributed by atoms with Gasteiger partial charge in [0.05, 0.1) is 13.2 Å². The van der Waals surface area contributed by atoms with Crippen molar-refractivity contribution in [3.05, 3.63) is 30.1 Å². The number of carbonyl (C=O) groups excluding carboxylic acids is 1. The molecule has 0 N–H and O–H groups in total. The lowest BCUT2D eigenvalue weighted by Crippen LogP contribution is -2.43. The van der Waals surface area contributed by atoms with Crippen LogP contribution in [-0.2, 0) is 14.3 Å². The number of rotatable bonds is 5. The Labute approximate surface area is 140 Å². The first kappa shape index (κ1) is 16.7. The van der Waals surface area contributed by atoms with Crippen molar-refractivity contribution < 1.29 is 18.7 Å². The molecule has 0 spiro atoms. The molecule has 6 heteroatoms. The number of piperidine rings is 1. The molecule has 0 aliphatic carbocycles. The summed E-state index contributed by atoms with van der Waals surface area (Å²) in [5.74, 6) is 0.950. The summed E-state index contributed by atoms with van der Waals surface area (Å²) in [5.41, 5.74) is 0. The smallest absolute Gasteiger partial charge is 0.223 e. The van der Waals surface area contributed by atoms with Crippen LogP contribution >= 0.6 is 11.8 Å². The molecule has 1 unspecified atom stereocenters. The van der Waals surface area contributed by atoms with Gasteiger partial charge in [0.25, 0.3) is 0 Å². The van der Waals surface area contributed by atoms with E-state index in [9.17, 15) is 9.18 Å². The molecule has 23 heavy (non-hydrogen) atoms. The molecule has 2 aliphatic heterocycles. The summed E-state index contributed by atoms with van der Waals surface area (Å²) in [6.07, 6.45) is 2.42. The van der Waals surface area contributed by atoms with E-state index in [2.05, 4.69) is 0 Å². The molecule has 0 bridgehead atoms. The van der Waals surface area contributed by atoms with Gasteiger partial charge in [-0.2, -0.15) is 0 Å². The molecule has 1 aromatic carbocycles. The maximum atomic E-state index is 12.9. The van der Waals surface area contributed by atoms with Gasteiger partial charge in [-0.3, -0.25) is 4.79 Å². The molecule has 0 saturated carbocycles. The number of likely N-dealkylation sites (tertiary alicyclic amines) is 1. The predicted molar refractivity (Wildman–Crippen MR) is 86.7 cm³/mol. The fraction of sp³-hybridized carbons (Fsp3) is 0.588. The number of thioether (sulfide) groups is 1. The molecule has 2 fully saturated rings. The first-order valence-electron chi connectivity index (χ1n) is 8.12. The van der Waals surface area contributed by atoms with Crippen LogP contribution in [0.1, 0.15) is 19.3 Å². The lowest BCUT2D eigenvalue weighted by Gasteiger charge is -2.34. The third kappa shape index (κ3) is 4.68. The highest BCUT2D eigenvalue weighted by Gasteiger charge is 2.32. The normalized spacial score (nSPS) is 22.5. The maximum absolute atomic E-state index is 12.9. The van der Waals surface area contributed by atoms with Crippen molar-refractivity contribution in [3.63, 3.8) is 0 Å². The molecule has 2 aliphatic rings. The summed E-state index contributed by atoms with van der Waals surface area (Å²) < 4.78 is 24.0. The lowest BCUT2D eigenvalue weighted by atomic mass is 9.97. The summed E-state index contributed by atoms with van der Waals surface area (Å²) in [7, 11) is 0. The van der Waals surface area contributed by atoms with Gasteiger partial charge in [-0.25, -0.2) is 4.39 Å². The Balaban J connectivity index is 1.43. The van der Waals surface area contributed by atoms with Gasteiger partial charge in [0, 0.05) is 36.1 Å². The second kappa shape index (κ2) is 8.13. The number of halogens is 1. The molecule has 2 saturated heterocycles. The standard InChI is InChI=1S/C17H22FNO3S/c18-14-3-5-15(6-4-14)23-11-7-16(20)19-8-1-2-13(12-19)17-21-9-10-22-17/h3-6,13,17H,1-2,7-12H2.